The number of nitrogens with zero attached hydrogens (tertiary/aromatic N) is 2. The van der Waals surface area contributed by atoms with Gasteiger partial charge in [-0.25, -0.2) is 0 Å². The van der Waals surface area contributed by atoms with E-state index in [1.165, 1.54) is 11.1 Å². The fourth-order valence-corrected chi connectivity index (χ4v) is 5.91. The zero-order chi connectivity index (χ0) is 30.0. The van der Waals surface area contributed by atoms with Crippen molar-refractivity contribution in [1.82, 2.24) is 9.80 Å². The van der Waals surface area contributed by atoms with E-state index in [0.717, 1.165) is 107 Å². The highest BCUT2D eigenvalue weighted by Crippen LogP contribution is 2.44. The van der Waals surface area contributed by atoms with Gasteiger partial charge in [-0.05, 0) is 115 Å². The molecule has 232 valence electrons. The summed E-state index contributed by atoms with van der Waals surface area (Å²) in [5, 5.41) is 0. The second kappa shape index (κ2) is 15.7. The van der Waals surface area contributed by atoms with Crippen molar-refractivity contribution >= 4 is 6.08 Å². The Morgan fingerprint density at radius 2 is 1.50 bits per heavy atom. The van der Waals surface area contributed by atoms with Crippen molar-refractivity contribution in [3.63, 3.8) is 0 Å². The summed E-state index contributed by atoms with van der Waals surface area (Å²) in [6, 6.07) is 10.7. The van der Waals surface area contributed by atoms with E-state index in [4.69, 9.17) is 18.9 Å². The fourth-order valence-electron chi connectivity index (χ4n) is 5.91. The minimum absolute atomic E-state index is 0.217. The Labute approximate surface area is 255 Å². The zero-order valence-electron chi connectivity index (χ0n) is 27.0. The second-order valence-corrected chi connectivity index (χ2v) is 12.1. The van der Waals surface area contributed by atoms with Gasteiger partial charge >= 0.3 is 0 Å². The number of rotatable bonds is 17. The highest BCUT2D eigenvalue weighted by molar-refractivity contribution is 5.69. The van der Waals surface area contributed by atoms with Crippen LogP contribution in [0.2, 0.25) is 0 Å². The van der Waals surface area contributed by atoms with Crippen LogP contribution in [0.15, 0.2) is 36.4 Å². The summed E-state index contributed by atoms with van der Waals surface area (Å²) < 4.78 is 25.3. The van der Waals surface area contributed by atoms with E-state index in [2.05, 4.69) is 93.8 Å². The Morgan fingerprint density at radius 1 is 0.833 bits per heavy atom. The standard InChI is InChI=1S/C36H54N2O4/c1-7-37(8-2)21-11-13-23-39-30-16-17-31(34(26-30)40-24-14-12-22-38(9-3)10-4)29-25-28-15-18-33-32(35(28)41-27-29)19-20-36(5,6)42-33/h15-20,26,29H,7-14,21-25,27H2,1-6H3. The molecule has 0 amide bonds. The molecule has 4 rings (SSSR count). The molecule has 6 nitrogen and oxygen atoms in total. The molecule has 2 aliphatic heterocycles. The topological polar surface area (TPSA) is 43.4 Å². The number of unbranched alkanes of at least 4 members (excludes halogenated alkanes) is 2. The van der Waals surface area contributed by atoms with E-state index in [0.29, 0.717) is 13.2 Å². The third-order valence-corrected chi connectivity index (χ3v) is 8.63. The second-order valence-electron chi connectivity index (χ2n) is 12.1. The third kappa shape index (κ3) is 8.67. The maximum Gasteiger partial charge on any atom is 0.133 e. The van der Waals surface area contributed by atoms with Crippen molar-refractivity contribution < 1.29 is 18.9 Å². The zero-order valence-corrected chi connectivity index (χ0v) is 27.0. The Morgan fingerprint density at radius 3 is 2.17 bits per heavy atom. The van der Waals surface area contributed by atoms with Gasteiger partial charge in [-0.1, -0.05) is 39.8 Å². The maximum atomic E-state index is 6.48. The summed E-state index contributed by atoms with van der Waals surface area (Å²) in [7, 11) is 0. The average Bonchev–Trinajstić information content (AvgIpc) is 3.00. The van der Waals surface area contributed by atoms with E-state index < -0.39 is 0 Å². The molecular weight excluding hydrogens is 524 g/mol. The molecule has 42 heavy (non-hydrogen) atoms. The van der Waals surface area contributed by atoms with Crippen LogP contribution in [-0.4, -0.2) is 74.5 Å². The highest BCUT2D eigenvalue weighted by atomic mass is 16.5. The lowest BCUT2D eigenvalue weighted by atomic mass is 9.88. The molecule has 0 aromatic heterocycles. The van der Waals surface area contributed by atoms with E-state index in [1.807, 2.05) is 0 Å². The molecular formula is C36H54N2O4. The van der Waals surface area contributed by atoms with E-state index in [9.17, 15) is 0 Å². The number of benzene rings is 2. The Kier molecular flexibility index (Phi) is 12.0. The Bertz CT molecular complexity index is 1150. The van der Waals surface area contributed by atoms with Crippen LogP contribution in [-0.2, 0) is 6.42 Å². The summed E-state index contributed by atoms with van der Waals surface area (Å²) in [5.74, 6) is 3.88. The van der Waals surface area contributed by atoms with Gasteiger partial charge in [-0.3, -0.25) is 0 Å². The molecule has 6 heteroatoms. The Balaban J connectivity index is 1.43. The lowest BCUT2D eigenvalue weighted by Gasteiger charge is -2.32. The first-order valence-electron chi connectivity index (χ1n) is 16.4. The molecule has 1 atom stereocenters. The predicted molar refractivity (Wildman–Crippen MR) is 174 cm³/mol. The first-order chi connectivity index (χ1) is 20.4. The van der Waals surface area contributed by atoms with Gasteiger partial charge < -0.3 is 28.7 Å². The van der Waals surface area contributed by atoms with Crippen LogP contribution >= 0.6 is 0 Å². The van der Waals surface area contributed by atoms with Crippen molar-refractivity contribution in [2.24, 2.45) is 0 Å². The highest BCUT2D eigenvalue weighted by Gasteiger charge is 2.30. The SMILES string of the molecule is CCN(CC)CCCCOc1ccc(C2COc3c(ccc4c3C=CC(C)(C)O4)C2)c(OCCCCN(CC)CC)c1. The molecule has 2 aliphatic rings. The molecule has 0 aliphatic carbocycles. The molecule has 1 unspecified atom stereocenters. The summed E-state index contributed by atoms with van der Waals surface area (Å²) >= 11 is 0. The van der Waals surface area contributed by atoms with Crippen LogP contribution in [0, 0.1) is 0 Å². The number of ether oxygens (including phenoxy) is 4. The summed E-state index contributed by atoms with van der Waals surface area (Å²) in [4.78, 5) is 4.93. The summed E-state index contributed by atoms with van der Waals surface area (Å²) in [5.41, 5.74) is 3.17. The molecule has 0 fully saturated rings. The van der Waals surface area contributed by atoms with Gasteiger partial charge in [0.1, 0.15) is 28.6 Å². The fraction of sp³-hybridized carbons (Fsp3) is 0.611. The predicted octanol–water partition coefficient (Wildman–Crippen LogP) is 7.59. The van der Waals surface area contributed by atoms with Crippen molar-refractivity contribution in [2.45, 2.75) is 85.2 Å². The molecule has 2 aromatic rings. The number of hydrogen-bond acceptors (Lipinski definition) is 6. The van der Waals surface area contributed by atoms with Gasteiger partial charge in [-0.2, -0.15) is 0 Å². The van der Waals surface area contributed by atoms with Crippen molar-refractivity contribution in [3.8, 4) is 23.0 Å². The van der Waals surface area contributed by atoms with Crippen LogP contribution in [0.3, 0.4) is 0 Å². The quantitative estimate of drug-likeness (QED) is 0.180. The first-order valence-corrected chi connectivity index (χ1v) is 16.4. The molecule has 0 bridgehead atoms. The minimum Gasteiger partial charge on any atom is -0.493 e. The summed E-state index contributed by atoms with van der Waals surface area (Å²) in [6.45, 7) is 21.8. The van der Waals surface area contributed by atoms with Crippen molar-refractivity contribution in [1.29, 1.82) is 0 Å². The van der Waals surface area contributed by atoms with Crippen molar-refractivity contribution in [2.75, 3.05) is 59.1 Å². The van der Waals surface area contributed by atoms with Gasteiger partial charge in [0.2, 0.25) is 0 Å². The molecule has 2 aromatic carbocycles. The normalized spacial score (nSPS) is 17.0. The van der Waals surface area contributed by atoms with Crippen LogP contribution in [0.5, 0.6) is 23.0 Å². The maximum absolute atomic E-state index is 6.48. The van der Waals surface area contributed by atoms with Crippen LogP contribution in [0.4, 0.5) is 0 Å². The molecule has 0 saturated carbocycles. The van der Waals surface area contributed by atoms with Crippen LogP contribution in [0.1, 0.15) is 89.8 Å². The monoisotopic (exact) mass is 578 g/mol. The van der Waals surface area contributed by atoms with E-state index in [1.54, 1.807) is 0 Å². The van der Waals surface area contributed by atoms with Gasteiger partial charge in [0.05, 0.1) is 25.4 Å². The largest absolute Gasteiger partial charge is 0.493 e. The third-order valence-electron chi connectivity index (χ3n) is 8.63. The van der Waals surface area contributed by atoms with Crippen LogP contribution in [0.25, 0.3) is 6.08 Å². The van der Waals surface area contributed by atoms with Gasteiger partial charge in [0, 0.05) is 17.5 Å². The average molecular weight is 579 g/mol. The van der Waals surface area contributed by atoms with Gasteiger partial charge in [0.15, 0.2) is 0 Å². The van der Waals surface area contributed by atoms with Gasteiger partial charge in [0.25, 0.3) is 0 Å². The lowest BCUT2D eigenvalue weighted by molar-refractivity contribution is 0.157. The Hall–Kier alpha value is -2.70. The minimum atomic E-state index is -0.300. The lowest BCUT2D eigenvalue weighted by Crippen LogP contribution is -2.28. The smallest absolute Gasteiger partial charge is 0.133 e. The number of fused-ring (bicyclic) bond motifs is 3. The molecule has 0 spiro atoms. The van der Waals surface area contributed by atoms with E-state index >= 15 is 0 Å². The molecule has 0 N–H and O–H groups in total. The van der Waals surface area contributed by atoms with Crippen molar-refractivity contribution in [3.05, 3.63) is 53.1 Å². The number of hydrogen-bond donors (Lipinski definition) is 0. The summed E-state index contributed by atoms with van der Waals surface area (Å²) in [6.07, 6.45) is 9.53. The first kappa shape index (κ1) is 32.2. The van der Waals surface area contributed by atoms with E-state index in [-0.39, 0.29) is 11.5 Å². The van der Waals surface area contributed by atoms with Gasteiger partial charge in [-0.15, -0.1) is 0 Å². The molecule has 0 saturated heterocycles. The van der Waals surface area contributed by atoms with Crippen LogP contribution < -0.4 is 18.9 Å². The molecule has 0 radical (unpaired) electrons. The molecule has 2 heterocycles.